The van der Waals surface area contributed by atoms with Crippen LogP contribution in [0, 0.1) is 17.8 Å². The third-order valence-corrected chi connectivity index (χ3v) is 6.83. The maximum absolute atomic E-state index is 13.1. The largest absolute Gasteiger partial charge is 0.352 e. The average molecular weight is 442 g/mol. The number of piperazine rings is 1. The second-order valence-corrected chi connectivity index (χ2v) is 8.33. The molecule has 2 aliphatic carbocycles. The number of anilines is 1. The van der Waals surface area contributed by atoms with Crippen LogP contribution in [0.3, 0.4) is 0 Å². The van der Waals surface area contributed by atoms with Crippen molar-refractivity contribution in [1.29, 1.82) is 0 Å². The van der Waals surface area contributed by atoms with Crippen molar-refractivity contribution in [3.8, 4) is 0 Å². The van der Waals surface area contributed by atoms with E-state index >= 15 is 0 Å². The quantitative estimate of drug-likeness (QED) is 0.762. The molecule has 0 spiro atoms. The summed E-state index contributed by atoms with van der Waals surface area (Å²) in [6, 6.07) is 4.22. The van der Waals surface area contributed by atoms with Crippen molar-refractivity contribution in [3.05, 3.63) is 18.5 Å². The predicted molar refractivity (Wildman–Crippen MR) is 116 cm³/mol. The number of carbonyl (C=O) groups excluding carboxylic acids is 1. The number of carbonyl (C=O) groups is 1. The van der Waals surface area contributed by atoms with Crippen molar-refractivity contribution in [3.63, 3.8) is 0 Å². The Hall–Kier alpha value is -1.64. The van der Waals surface area contributed by atoms with Crippen molar-refractivity contribution < 1.29 is 4.79 Å². The fraction of sp³-hybridized carbons (Fsp3) is 0.684. The Morgan fingerprint density at radius 1 is 1.03 bits per heavy atom. The zero-order chi connectivity index (χ0) is 18.4. The minimum absolute atomic E-state index is 0. The smallest absolute Gasteiger partial charge is 0.225 e. The summed E-state index contributed by atoms with van der Waals surface area (Å²) < 4.78 is 1.69. The number of aromatic nitrogens is 4. The molecule has 10 heteroatoms. The van der Waals surface area contributed by atoms with Gasteiger partial charge in [-0.15, -0.1) is 40.1 Å². The summed E-state index contributed by atoms with van der Waals surface area (Å²) in [5.41, 5.74) is 7.13. The molecule has 1 amide bonds. The molecular weight excluding hydrogens is 413 g/mol. The molecule has 2 N–H and O–H groups in total. The van der Waals surface area contributed by atoms with Crippen LogP contribution in [0.5, 0.6) is 0 Å². The number of fused-ring (bicyclic) bond motifs is 3. The average Bonchev–Trinajstić information content (AvgIpc) is 3.15. The highest BCUT2D eigenvalue weighted by Gasteiger charge is 2.41. The van der Waals surface area contributed by atoms with Crippen molar-refractivity contribution in [2.45, 2.75) is 38.1 Å². The van der Waals surface area contributed by atoms with Crippen LogP contribution in [0.1, 0.15) is 32.1 Å². The molecule has 2 saturated carbocycles. The highest BCUT2D eigenvalue weighted by molar-refractivity contribution is 5.85. The maximum atomic E-state index is 13.1. The van der Waals surface area contributed by atoms with Gasteiger partial charge < -0.3 is 15.5 Å². The first kappa shape index (κ1) is 22.1. The lowest BCUT2D eigenvalue weighted by atomic mass is 9.65. The Bertz CT molecular complexity index is 825. The van der Waals surface area contributed by atoms with Gasteiger partial charge in [0.1, 0.15) is 12.1 Å². The van der Waals surface area contributed by atoms with Gasteiger partial charge in [0.25, 0.3) is 0 Å². The maximum Gasteiger partial charge on any atom is 0.225 e. The second-order valence-electron chi connectivity index (χ2n) is 8.33. The molecule has 29 heavy (non-hydrogen) atoms. The zero-order valence-electron chi connectivity index (χ0n) is 16.4. The van der Waals surface area contributed by atoms with Gasteiger partial charge in [-0.1, -0.05) is 6.42 Å². The van der Waals surface area contributed by atoms with Gasteiger partial charge in [0, 0.05) is 38.1 Å². The third-order valence-electron chi connectivity index (χ3n) is 6.83. The van der Waals surface area contributed by atoms with E-state index < -0.39 is 0 Å². The van der Waals surface area contributed by atoms with Gasteiger partial charge in [-0.25, -0.2) is 0 Å². The van der Waals surface area contributed by atoms with E-state index in [-0.39, 0.29) is 30.7 Å². The number of nitrogens with zero attached hydrogens (tertiary/aromatic N) is 6. The summed E-state index contributed by atoms with van der Waals surface area (Å²) in [5, 5.41) is 12.4. The fourth-order valence-corrected chi connectivity index (χ4v) is 5.29. The van der Waals surface area contributed by atoms with Crippen LogP contribution in [-0.4, -0.2) is 62.8 Å². The van der Waals surface area contributed by atoms with E-state index in [2.05, 4.69) is 25.1 Å². The van der Waals surface area contributed by atoms with Crippen molar-refractivity contribution in [1.82, 2.24) is 24.7 Å². The summed E-state index contributed by atoms with van der Waals surface area (Å²) in [4.78, 5) is 17.4. The minimum atomic E-state index is 0. The normalized spacial score (nSPS) is 29.1. The Morgan fingerprint density at radius 2 is 1.72 bits per heavy atom. The molecule has 1 saturated heterocycles. The van der Waals surface area contributed by atoms with E-state index in [1.54, 1.807) is 10.8 Å². The molecule has 2 aromatic heterocycles. The predicted octanol–water partition coefficient (Wildman–Crippen LogP) is 1.77. The Morgan fingerprint density at radius 3 is 2.41 bits per heavy atom. The molecule has 1 aliphatic heterocycles. The Labute approximate surface area is 183 Å². The molecule has 3 heterocycles. The molecular formula is C19H29Cl2N7O. The van der Waals surface area contributed by atoms with Crippen LogP contribution in [0.15, 0.2) is 18.5 Å². The van der Waals surface area contributed by atoms with Crippen LogP contribution in [0.2, 0.25) is 0 Å². The van der Waals surface area contributed by atoms with Crippen LogP contribution < -0.4 is 10.6 Å². The molecule has 160 valence electrons. The van der Waals surface area contributed by atoms with Gasteiger partial charge in [-0.05, 0) is 49.7 Å². The highest BCUT2D eigenvalue weighted by Crippen LogP contribution is 2.42. The van der Waals surface area contributed by atoms with Crippen molar-refractivity contribution in [2.75, 3.05) is 31.1 Å². The van der Waals surface area contributed by atoms with Crippen molar-refractivity contribution >= 4 is 42.2 Å². The lowest BCUT2D eigenvalue weighted by molar-refractivity contribution is -0.138. The molecule has 3 aliphatic rings. The number of amides is 1. The third kappa shape index (κ3) is 4.15. The van der Waals surface area contributed by atoms with E-state index in [1.165, 1.54) is 19.3 Å². The van der Waals surface area contributed by atoms with Gasteiger partial charge in [-0.2, -0.15) is 4.52 Å². The SMILES string of the molecule is Cl.Cl.NC1C2CCCC1CC(C(=O)N1CCN(c3ccc4nncn4n3)CC1)C2. The molecule has 2 bridgehead atoms. The highest BCUT2D eigenvalue weighted by atomic mass is 35.5. The second kappa shape index (κ2) is 9.02. The van der Waals surface area contributed by atoms with Crippen LogP contribution >= 0.6 is 24.8 Å². The first-order chi connectivity index (χ1) is 13.2. The minimum Gasteiger partial charge on any atom is -0.352 e. The topological polar surface area (TPSA) is 92.7 Å². The molecule has 2 atom stereocenters. The Balaban J connectivity index is 0.00000120. The van der Waals surface area contributed by atoms with Crippen LogP contribution in [-0.2, 0) is 4.79 Å². The number of halogens is 2. The lowest BCUT2D eigenvalue weighted by Gasteiger charge is -2.45. The zero-order valence-corrected chi connectivity index (χ0v) is 18.0. The molecule has 0 aromatic carbocycles. The summed E-state index contributed by atoms with van der Waals surface area (Å²) in [6.07, 6.45) is 7.28. The van der Waals surface area contributed by atoms with E-state index in [4.69, 9.17) is 5.73 Å². The number of hydrogen-bond donors (Lipinski definition) is 1. The summed E-state index contributed by atoms with van der Waals surface area (Å²) in [6.45, 7) is 3.15. The van der Waals surface area contributed by atoms with Crippen molar-refractivity contribution in [2.24, 2.45) is 23.5 Å². The van der Waals surface area contributed by atoms with Crippen LogP contribution in [0.4, 0.5) is 5.82 Å². The Kier molecular flexibility index (Phi) is 6.86. The fourth-order valence-electron chi connectivity index (χ4n) is 5.29. The van der Waals surface area contributed by atoms with Gasteiger partial charge >= 0.3 is 0 Å². The molecule has 2 aromatic rings. The van der Waals surface area contributed by atoms with Gasteiger partial charge in [0.05, 0.1) is 0 Å². The van der Waals surface area contributed by atoms with E-state index in [0.29, 0.717) is 23.8 Å². The van der Waals surface area contributed by atoms with Gasteiger partial charge in [0.15, 0.2) is 5.65 Å². The molecule has 0 radical (unpaired) electrons. The number of rotatable bonds is 2. The van der Waals surface area contributed by atoms with Gasteiger partial charge in [-0.3, -0.25) is 4.79 Å². The number of nitrogens with two attached hydrogens (primary N) is 1. The summed E-state index contributed by atoms with van der Waals surface area (Å²) in [7, 11) is 0. The molecule has 3 fully saturated rings. The van der Waals surface area contributed by atoms with Gasteiger partial charge in [0.2, 0.25) is 5.91 Å². The first-order valence-corrected chi connectivity index (χ1v) is 10.2. The van der Waals surface area contributed by atoms with E-state index in [1.807, 2.05) is 12.1 Å². The lowest BCUT2D eigenvalue weighted by Crippen LogP contribution is -2.53. The molecule has 2 unspecified atom stereocenters. The first-order valence-electron chi connectivity index (χ1n) is 10.2. The monoisotopic (exact) mass is 441 g/mol. The number of hydrogen-bond acceptors (Lipinski definition) is 6. The van der Waals surface area contributed by atoms with E-state index in [9.17, 15) is 4.79 Å². The summed E-state index contributed by atoms with van der Waals surface area (Å²) >= 11 is 0. The molecule has 5 rings (SSSR count). The summed E-state index contributed by atoms with van der Waals surface area (Å²) in [5.74, 6) is 2.53. The molecule has 8 nitrogen and oxygen atoms in total. The van der Waals surface area contributed by atoms with Crippen LogP contribution in [0.25, 0.3) is 5.65 Å². The van der Waals surface area contributed by atoms with E-state index in [0.717, 1.165) is 50.5 Å². The standard InChI is InChI=1S/C19H27N7O.2ClH/c20-18-13-2-1-3-14(18)11-15(10-13)19(27)25-8-6-24(7-9-25)17-5-4-16-22-21-12-26(16)23-17;;/h4-5,12-15,18H,1-3,6-11,20H2;2*1H.